The van der Waals surface area contributed by atoms with Crippen LogP contribution in [0.2, 0.25) is 0 Å². The van der Waals surface area contributed by atoms with E-state index in [4.69, 9.17) is 10.5 Å². The van der Waals surface area contributed by atoms with Crippen molar-refractivity contribution < 1.29 is 4.74 Å². The number of fused-ring (bicyclic) bond motifs is 1. The molecule has 17 heavy (non-hydrogen) atoms. The summed E-state index contributed by atoms with van der Waals surface area (Å²) < 4.78 is 5.82. The quantitative estimate of drug-likeness (QED) is 0.863. The highest BCUT2D eigenvalue weighted by molar-refractivity contribution is 5.39. The van der Waals surface area contributed by atoms with Crippen molar-refractivity contribution in [2.45, 2.75) is 44.6 Å². The first kappa shape index (κ1) is 11.1. The largest absolute Gasteiger partial charge is 0.494 e. The van der Waals surface area contributed by atoms with Gasteiger partial charge in [0.15, 0.2) is 0 Å². The fourth-order valence-corrected chi connectivity index (χ4v) is 2.65. The zero-order chi connectivity index (χ0) is 11.7. The number of nitrogens with two attached hydrogens (primary N) is 1. The van der Waals surface area contributed by atoms with Gasteiger partial charge in [-0.3, -0.25) is 0 Å². The summed E-state index contributed by atoms with van der Waals surface area (Å²) in [6.45, 7) is 0.860. The zero-order valence-corrected chi connectivity index (χ0v) is 10.3. The van der Waals surface area contributed by atoms with E-state index in [9.17, 15) is 0 Å². The molecule has 0 amide bonds. The molecule has 1 atom stereocenters. The van der Waals surface area contributed by atoms with Crippen molar-refractivity contribution in [3.8, 4) is 5.75 Å². The first-order valence-corrected chi connectivity index (χ1v) is 6.84. The molecule has 2 N–H and O–H groups in total. The van der Waals surface area contributed by atoms with Gasteiger partial charge in [-0.2, -0.15) is 0 Å². The highest BCUT2D eigenvalue weighted by Crippen LogP contribution is 2.33. The Hall–Kier alpha value is -1.02. The lowest BCUT2D eigenvalue weighted by atomic mass is 9.88. The van der Waals surface area contributed by atoms with E-state index in [2.05, 4.69) is 18.2 Å². The van der Waals surface area contributed by atoms with E-state index in [1.54, 1.807) is 0 Å². The summed E-state index contributed by atoms with van der Waals surface area (Å²) in [5.41, 5.74) is 8.87. The molecule has 1 aromatic rings. The monoisotopic (exact) mass is 231 g/mol. The fraction of sp³-hybridized carbons (Fsp3) is 0.600. The Kier molecular flexibility index (Phi) is 3.06. The summed E-state index contributed by atoms with van der Waals surface area (Å²) in [4.78, 5) is 0. The minimum absolute atomic E-state index is 0.214. The number of ether oxygens (including phenoxy) is 1. The Bertz CT molecular complexity index is 398. The second kappa shape index (κ2) is 4.69. The minimum atomic E-state index is 0.214. The summed E-state index contributed by atoms with van der Waals surface area (Å²) in [5.74, 6) is 1.94. The summed E-state index contributed by atoms with van der Waals surface area (Å²) in [7, 11) is 0. The van der Waals surface area contributed by atoms with E-state index in [1.165, 1.54) is 43.2 Å². The number of aryl methyl sites for hydroxylation is 1. The third-order valence-electron chi connectivity index (χ3n) is 3.97. The summed E-state index contributed by atoms with van der Waals surface area (Å²) in [6.07, 6.45) is 7.51. The number of rotatable bonds is 4. The second-order valence-electron chi connectivity index (χ2n) is 5.44. The number of hydrogen-bond acceptors (Lipinski definition) is 2. The first-order valence-electron chi connectivity index (χ1n) is 6.84. The summed E-state index contributed by atoms with van der Waals surface area (Å²) in [6, 6.07) is 6.67. The predicted molar refractivity (Wildman–Crippen MR) is 69.1 cm³/mol. The van der Waals surface area contributed by atoms with Crippen LogP contribution in [0.15, 0.2) is 18.2 Å². The highest BCUT2D eigenvalue weighted by atomic mass is 16.5. The van der Waals surface area contributed by atoms with Gasteiger partial charge < -0.3 is 10.5 Å². The topological polar surface area (TPSA) is 35.2 Å². The standard InChI is InChI=1S/C15H21NO/c16-15-3-1-2-12-6-7-13(10-14(12)15)17-9-8-11-4-5-11/h6-7,10-11,15H,1-5,8-9,16H2. The van der Waals surface area contributed by atoms with Crippen molar-refractivity contribution in [2.24, 2.45) is 11.7 Å². The van der Waals surface area contributed by atoms with Crippen LogP contribution in [0, 0.1) is 5.92 Å². The van der Waals surface area contributed by atoms with Crippen molar-refractivity contribution in [2.75, 3.05) is 6.61 Å². The maximum absolute atomic E-state index is 6.15. The Morgan fingerprint density at radius 1 is 1.24 bits per heavy atom. The van der Waals surface area contributed by atoms with Crippen molar-refractivity contribution in [3.05, 3.63) is 29.3 Å². The molecular weight excluding hydrogens is 210 g/mol. The maximum Gasteiger partial charge on any atom is 0.119 e. The lowest BCUT2D eigenvalue weighted by Gasteiger charge is -2.22. The molecule has 0 spiro atoms. The third kappa shape index (κ3) is 2.63. The van der Waals surface area contributed by atoms with Crippen LogP contribution >= 0.6 is 0 Å². The molecule has 3 rings (SSSR count). The molecule has 1 saturated carbocycles. The molecule has 2 aliphatic rings. The van der Waals surface area contributed by atoms with Gasteiger partial charge in [0.1, 0.15) is 5.75 Å². The third-order valence-corrected chi connectivity index (χ3v) is 3.97. The average Bonchev–Trinajstić information content (AvgIpc) is 3.14. The average molecular weight is 231 g/mol. The second-order valence-corrected chi connectivity index (χ2v) is 5.44. The molecule has 92 valence electrons. The SMILES string of the molecule is NC1CCCc2ccc(OCCC3CC3)cc21. The van der Waals surface area contributed by atoms with Crippen LogP contribution in [0.25, 0.3) is 0 Å². The van der Waals surface area contributed by atoms with Gasteiger partial charge in [-0.05, 0) is 54.9 Å². The molecule has 0 saturated heterocycles. The van der Waals surface area contributed by atoms with Crippen molar-refractivity contribution in [3.63, 3.8) is 0 Å². The Morgan fingerprint density at radius 3 is 2.94 bits per heavy atom. The molecule has 1 fully saturated rings. The molecular formula is C15H21NO. The molecule has 2 aliphatic carbocycles. The normalized spacial score (nSPS) is 23.2. The summed E-state index contributed by atoms with van der Waals surface area (Å²) >= 11 is 0. The van der Waals surface area contributed by atoms with Crippen LogP contribution in [-0.4, -0.2) is 6.61 Å². The first-order chi connectivity index (χ1) is 8.33. The Labute approximate surface area is 103 Å². The van der Waals surface area contributed by atoms with E-state index in [0.29, 0.717) is 0 Å². The van der Waals surface area contributed by atoms with Crippen molar-refractivity contribution in [1.29, 1.82) is 0 Å². The zero-order valence-electron chi connectivity index (χ0n) is 10.3. The molecule has 2 heteroatoms. The molecule has 1 aromatic carbocycles. The fourth-order valence-electron chi connectivity index (χ4n) is 2.65. The molecule has 1 unspecified atom stereocenters. The van der Waals surface area contributed by atoms with Gasteiger partial charge in [0, 0.05) is 6.04 Å². The van der Waals surface area contributed by atoms with Crippen LogP contribution < -0.4 is 10.5 Å². The van der Waals surface area contributed by atoms with E-state index in [0.717, 1.165) is 24.7 Å². The van der Waals surface area contributed by atoms with Gasteiger partial charge >= 0.3 is 0 Å². The molecule has 0 bridgehead atoms. The van der Waals surface area contributed by atoms with E-state index < -0.39 is 0 Å². The number of hydrogen-bond donors (Lipinski definition) is 1. The van der Waals surface area contributed by atoms with Gasteiger partial charge in [0.05, 0.1) is 6.61 Å². The molecule has 0 radical (unpaired) electrons. The smallest absolute Gasteiger partial charge is 0.119 e. The van der Waals surface area contributed by atoms with Gasteiger partial charge in [0.25, 0.3) is 0 Å². The summed E-state index contributed by atoms with van der Waals surface area (Å²) in [5, 5.41) is 0. The number of benzene rings is 1. The Balaban J connectivity index is 1.65. The van der Waals surface area contributed by atoms with Crippen LogP contribution in [0.4, 0.5) is 0 Å². The van der Waals surface area contributed by atoms with Crippen LogP contribution in [-0.2, 0) is 6.42 Å². The molecule has 0 aliphatic heterocycles. The maximum atomic E-state index is 6.15. The van der Waals surface area contributed by atoms with Crippen LogP contribution in [0.3, 0.4) is 0 Å². The predicted octanol–water partition coefficient (Wildman–Crippen LogP) is 3.20. The van der Waals surface area contributed by atoms with Gasteiger partial charge in [-0.25, -0.2) is 0 Å². The van der Waals surface area contributed by atoms with Crippen LogP contribution in [0.1, 0.15) is 49.3 Å². The van der Waals surface area contributed by atoms with E-state index in [1.807, 2.05) is 0 Å². The van der Waals surface area contributed by atoms with E-state index >= 15 is 0 Å². The molecule has 2 nitrogen and oxygen atoms in total. The molecule has 0 heterocycles. The lowest BCUT2D eigenvalue weighted by Crippen LogP contribution is -2.17. The van der Waals surface area contributed by atoms with Crippen molar-refractivity contribution >= 4 is 0 Å². The van der Waals surface area contributed by atoms with Gasteiger partial charge in [-0.15, -0.1) is 0 Å². The van der Waals surface area contributed by atoms with Gasteiger partial charge in [0.2, 0.25) is 0 Å². The lowest BCUT2D eigenvalue weighted by molar-refractivity contribution is 0.301. The van der Waals surface area contributed by atoms with Crippen molar-refractivity contribution in [1.82, 2.24) is 0 Å². The molecule has 0 aromatic heterocycles. The van der Waals surface area contributed by atoms with Crippen LogP contribution in [0.5, 0.6) is 5.75 Å². The van der Waals surface area contributed by atoms with Gasteiger partial charge in [-0.1, -0.05) is 18.9 Å². The minimum Gasteiger partial charge on any atom is -0.494 e. The van der Waals surface area contributed by atoms with E-state index in [-0.39, 0.29) is 6.04 Å². The Morgan fingerprint density at radius 2 is 2.12 bits per heavy atom. The highest BCUT2D eigenvalue weighted by Gasteiger charge is 2.21.